The first-order valence-corrected chi connectivity index (χ1v) is 18.5. The molecule has 1 aromatic rings. The third-order valence-electron chi connectivity index (χ3n) is 6.47. The van der Waals surface area contributed by atoms with Gasteiger partial charge in [0.15, 0.2) is 0 Å². The van der Waals surface area contributed by atoms with Crippen LogP contribution in [0.5, 0.6) is 0 Å². The van der Waals surface area contributed by atoms with Crippen LogP contribution in [0.4, 0.5) is 0 Å². The Bertz CT molecular complexity index is 521. The molecule has 1 fully saturated rings. The van der Waals surface area contributed by atoms with Gasteiger partial charge >= 0.3 is 165 Å². The van der Waals surface area contributed by atoms with Crippen molar-refractivity contribution in [3.8, 4) is 0 Å². The summed E-state index contributed by atoms with van der Waals surface area (Å²) in [6, 6.07) is 10.8. The van der Waals surface area contributed by atoms with Crippen molar-refractivity contribution in [2.45, 2.75) is 82.5 Å². The molecular formula is C23H38O2Sn. The number of unbranched alkanes of at least 4 members (excludes halogenated alkanes) is 3. The Hall–Kier alpha value is -0.511. The number of benzene rings is 1. The summed E-state index contributed by atoms with van der Waals surface area (Å²) in [6.45, 7) is 6.95. The summed E-state index contributed by atoms with van der Waals surface area (Å²) in [6.07, 6.45) is 7.91. The maximum absolute atomic E-state index is 12.6. The molecule has 1 aliphatic rings. The van der Waals surface area contributed by atoms with Crippen molar-refractivity contribution in [1.82, 2.24) is 0 Å². The molecule has 1 aromatic carbocycles. The number of rotatable bonds is 12. The normalized spacial score (nSPS) is 22.2. The molecule has 1 aliphatic carbocycles. The molecule has 0 unspecified atom stereocenters. The van der Waals surface area contributed by atoms with Crippen LogP contribution in [0.2, 0.25) is 17.2 Å². The van der Waals surface area contributed by atoms with Gasteiger partial charge in [-0.1, -0.05) is 0 Å². The average molecular weight is 465 g/mol. The van der Waals surface area contributed by atoms with Crippen molar-refractivity contribution < 1.29 is 9.53 Å². The van der Waals surface area contributed by atoms with E-state index in [4.69, 9.17) is 4.74 Å². The van der Waals surface area contributed by atoms with Gasteiger partial charge in [0.1, 0.15) is 0 Å². The molecule has 3 heteroatoms. The van der Waals surface area contributed by atoms with Crippen LogP contribution in [0.25, 0.3) is 0 Å². The molecule has 0 amide bonds. The minimum absolute atomic E-state index is 0.0504. The first kappa shape index (κ1) is 21.8. The van der Waals surface area contributed by atoms with Crippen molar-refractivity contribution in [2.24, 2.45) is 5.92 Å². The summed E-state index contributed by atoms with van der Waals surface area (Å²) in [4.78, 5) is 12.6. The number of carbonyl (C=O) groups is 1. The molecule has 3 atom stereocenters. The number of methoxy groups -OCH3 is 1. The topological polar surface area (TPSA) is 26.3 Å². The van der Waals surface area contributed by atoms with Gasteiger partial charge in [-0.05, 0) is 0 Å². The van der Waals surface area contributed by atoms with E-state index in [0.717, 1.165) is 0 Å². The maximum atomic E-state index is 12.6. The zero-order valence-corrected chi connectivity index (χ0v) is 20.2. The van der Waals surface area contributed by atoms with Crippen LogP contribution in [-0.2, 0) is 9.53 Å². The van der Waals surface area contributed by atoms with Gasteiger partial charge in [0.25, 0.3) is 0 Å². The van der Waals surface area contributed by atoms with Crippen molar-refractivity contribution in [2.75, 3.05) is 7.11 Å². The summed E-state index contributed by atoms with van der Waals surface area (Å²) < 4.78 is 10.3. The van der Waals surface area contributed by atoms with Gasteiger partial charge in [0, 0.05) is 0 Å². The van der Waals surface area contributed by atoms with Gasteiger partial charge < -0.3 is 0 Å². The van der Waals surface area contributed by atoms with Crippen molar-refractivity contribution in [3.05, 3.63) is 35.9 Å². The van der Waals surface area contributed by atoms with Gasteiger partial charge in [-0.2, -0.15) is 0 Å². The van der Waals surface area contributed by atoms with E-state index in [9.17, 15) is 4.79 Å². The SMILES string of the molecule is CCC[CH2][Sn]([CH2]CCC)([CH2]CCC)[C@H]1[C@@H](C(=O)OC)[C@@H]1c1ccccc1. The Morgan fingerprint density at radius 1 is 0.923 bits per heavy atom. The molecule has 0 heterocycles. The monoisotopic (exact) mass is 466 g/mol. The second-order valence-electron chi connectivity index (χ2n) is 8.18. The molecule has 0 radical (unpaired) electrons. The fraction of sp³-hybridized carbons (Fsp3) is 0.696. The van der Waals surface area contributed by atoms with E-state index in [2.05, 4.69) is 51.1 Å². The fourth-order valence-electron chi connectivity index (χ4n) is 5.05. The Morgan fingerprint density at radius 2 is 1.42 bits per heavy atom. The average Bonchev–Trinajstić information content (AvgIpc) is 3.44. The summed E-state index contributed by atoms with van der Waals surface area (Å²) >= 11 is -2.44. The van der Waals surface area contributed by atoms with Crippen molar-refractivity contribution >= 4 is 24.3 Å². The van der Waals surface area contributed by atoms with Gasteiger partial charge in [-0.25, -0.2) is 0 Å². The molecule has 146 valence electrons. The zero-order chi connectivity index (χ0) is 19.0. The van der Waals surface area contributed by atoms with Crippen molar-refractivity contribution in [1.29, 1.82) is 0 Å². The van der Waals surface area contributed by atoms with E-state index in [0.29, 0.717) is 9.85 Å². The number of ether oxygens (including phenoxy) is 1. The molecule has 2 nitrogen and oxygen atoms in total. The molecule has 26 heavy (non-hydrogen) atoms. The minimum atomic E-state index is -2.44. The molecule has 2 rings (SSSR count). The van der Waals surface area contributed by atoms with Crippen LogP contribution in [0.1, 0.15) is 70.8 Å². The van der Waals surface area contributed by atoms with Crippen LogP contribution in [0.3, 0.4) is 0 Å². The molecule has 0 N–H and O–H groups in total. The predicted octanol–water partition coefficient (Wildman–Crippen LogP) is 6.79. The number of hydrogen-bond donors (Lipinski definition) is 0. The summed E-state index contributed by atoms with van der Waals surface area (Å²) in [5, 5.41) is 0. The third-order valence-corrected chi connectivity index (χ3v) is 24.1. The molecule has 0 aromatic heterocycles. The van der Waals surface area contributed by atoms with E-state index < -0.39 is 18.4 Å². The Morgan fingerprint density at radius 3 is 1.85 bits per heavy atom. The molecule has 0 aliphatic heterocycles. The standard InChI is InChI=1S/C11H11O2.3C4H9.Sn/c1-13-11(12)10-7-9(10)8-5-3-2-4-6-8;3*1-3-4-2;/h2-7,9-10H,1H3;3*1,3-4H2,2H3;/t9-,10+;;;;/m0..../s1. The van der Waals surface area contributed by atoms with E-state index in [1.54, 1.807) is 7.11 Å². The molecule has 0 spiro atoms. The first-order chi connectivity index (χ1) is 12.6. The number of hydrogen-bond acceptors (Lipinski definition) is 2. The van der Waals surface area contributed by atoms with E-state index in [-0.39, 0.29) is 11.9 Å². The van der Waals surface area contributed by atoms with Gasteiger partial charge in [0.2, 0.25) is 0 Å². The number of esters is 1. The van der Waals surface area contributed by atoms with Crippen LogP contribution >= 0.6 is 0 Å². The predicted molar refractivity (Wildman–Crippen MR) is 113 cm³/mol. The molecule has 0 saturated heterocycles. The zero-order valence-electron chi connectivity index (χ0n) is 17.3. The second-order valence-corrected chi connectivity index (χ2v) is 22.1. The summed E-state index contributed by atoms with van der Waals surface area (Å²) in [7, 11) is 1.57. The fourth-order valence-corrected chi connectivity index (χ4v) is 25.3. The van der Waals surface area contributed by atoms with Crippen molar-refractivity contribution in [3.63, 3.8) is 0 Å². The molecule has 1 saturated carbocycles. The van der Waals surface area contributed by atoms with Gasteiger partial charge in [-0.15, -0.1) is 0 Å². The Balaban J connectivity index is 2.36. The molecular weight excluding hydrogens is 427 g/mol. The second kappa shape index (κ2) is 10.7. The summed E-state index contributed by atoms with van der Waals surface area (Å²) in [5.41, 5.74) is 1.37. The van der Waals surface area contributed by atoms with Gasteiger partial charge in [0.05, 0.1) is 0 Å². The van der Waals surface area contributed by atoms with Crippen LogP contribution in [-0.4, -0.2) is 31.5 Å². The molecule has 0 bridgehead atoms. The Kier molecular flexibility index (Phi) is 8.99. The Labute approximate surface area is 165 Å². The van der Waals surface area contributed by atoms with Crippen LogP contribution in [0.15, 0.2) is 30.3 Å². The van der Waals surface area contributed by atoms with Crippen LogP contribution < -0.4 is 0 Å². The first-order valence-electron chi connectivity index (χ1n) is 10.8. The van der Waals surface area contributed by atoms with E-state index >= 15 is 0 Å². The quantitative estimate of drug-likeness (QED) is 0.251. The van der Waals surface area contributed by atoms with Gasteiger partial charge in [-0.3, -0.25) is 0 Å². The summed E-state index contributed by atoms with van der Waals surface area (Å²) in [5.74, 6) is 0.628. The third kappa shape index (κ3) is 5.05. The van der Waals surface area contributed by atoms with Crippen LogP contribution in [0, 0.1) is 5.92 Å². The van der Waals surface area contributed by atoms with E-state index in [1.807, 2.05) is 0 Å². The van der Waals surface area contributed by atoms with E-state index in [1.165, 1.54) is 57.4 Å². The number of carbonyl (C=O) groups excluding carboxylic acids is 1.